The van der Waals surface area contributed by atoms with Crippen LogP contribution in [0.4, 0.5) is 18.9 Å². The molecular formula is C16H23F3N2. The summed E-state index contributed by atoms with van der Waals surface area (Å²) in [4.78, 5) is 3.50. The molecule has 1 aromatic heterocycles. The second kappa shape index (κ2) is 5.18. The van der Waals surface area contributed by atoms with Crippen molar-refractivity contribution in [2.24, 2.45) is 10.8 Å². The van der Waals surface area contributed by atoms with Crippen LogP contribution in [-0.2, 0) is 6.18 Å². The molecule has 0 bridgehead atoms. The van der Waals surface area contributed by atoms with Crippen molar-refractivity contribution in [3.63, 3.8) is 0 Å². The van der Waals surface area contributed by atoms with Crippen LogP contribution in [0.1, 0.15) is 52.7 Å². The fraction of sp³-hybridized carbons (Fsp3) is 0.688. The maximum Gasteiger partial charge on any atom is 0.433 e. The highest BCUT2D eigenvalue weighted by molar-refractivity contribution is 5.42. The lowest BCUT2D eigenvalue weighted by Crippen LogP contribution is -2.40. The lowest BCUT2D eigenvalue weighted by Gasteiger charge is -2.45. The van der Waals surface area contributed by atoms with Gasteiger partial charge in [0.2, 0.25) is 0 Å². The van der Waals surface area contributed by atoms with Gasteiger partial charge < -0.3 is 5.32 Å². The molecule has 118 valence electrons. The van der Waals surface area contributed by atoms with E-state index in [0.29, 0.717) is 5.69 Å². The molecule has 1 aliphatic rings. The smallest absolute Gasteiger partial charge is 0.381 e. The van der Waals surface area contributed by atoms with E-state index in [4.69, 9.17) is 0 Å². The Morgan fingerprint density at radius 2 is 1.67 bits per heavy atom. The standard InChI is InChI=1S/C16H23F3N2/c1-14(2)7-12(8-15(3,4)10-14)21-11-5-6-13(20-9-11)16(17,18)19/h5-6,9,12,21H,7-8,10H2,1-4H3. The molecule has 0 amide bonds. The van der Waals surface area contributed by atoms with Gasteiger partial charge in [-0.15, -0.1) is 0 Å². The quantitative estimate of drug-likeness (QED) is 0.820. The van der Waals surface area contributed by atoms with Gasteiger partial charge >= 0.3 is 6.18 Å². The highest BCUT2D eigenvalue weighted by atomic mass is 19.4. The van der Waals surface area contributed by atoms with Crippen LogP contribution in [0.3, 0.4) is 0 Å². The number of anilines is 1. The van der Waals surface area contributed by atoms with Gasteiger partial charge in [0.25, 0.3) is 0 Å². The van der Waals surface area contributed by atoms with E-state index in [0.717, 1.165) is 25.3 Å². The van der Waals surface area contributed by atoms with Crippen molar-refractivity contribution in [1.82, 2.24) is 4.98 Å². The van der Waals surface area contributed by atoms with Crippen molar-refractivity contribution in [2.75, 3.05) is 5.32 Å². The van der Waals surface area contributed by atoms with Gasteiger partial charge in [0, 0.05) is 6.04 Å². The van der Waals surface area contributed by atoms with Crippen molar-refractivity contribution in [3.8, 4) is 0 Å². The highest BCUT2D eigenvalue weighted by Gasteiger charge is 2.38. The Labute approximate surface area is 124 Å². The average molecular weight is 300 g/mol. The summed E-state index contributed by atoms with van der Waals surface area (Å²) in [6.45, 7) is 8.97. The molecule has 0 radical (unpaired) electrons. The molecule has 0 unspecified atom stereocenters. The van der Waals surface area contributed by atoms with Gasteiger partial charge in [0.05, 0.1) is 11.9 Å². The number of hydrogen-bond donors (Lipinski definition) is 1. The summed E-state index contributed by atoms with van der Waals surface area (Å²) < 4.78 is 37.5. The summed E-state index contributed by atoms with van der Waals surface area (Å²) in [5.74, 6) is 0. The molecule has 0 aromatic carbocycles. The van der Waals surface area contributed by atoms with Crippen molar-refractivity contribution in [3.05, 3.63) is 24.0 Å². The number of aromatic nitrogens is 1. The molecule has 2 nitrogen and oxygen atoms in total. The van der Waals surface area contributed by atoms with Crippen molar-refractivity contribution < 1.29 is 13.2 Å². The minimum atomic E-state index is -4.38. The topological polar surface area (TPSA) is 24.9 Å². The number of nitrogens with one attached hydrogen (secondary N) is 1. The molecule has 0 aliphatic heterocycles. The first-order valence-electron chi connectivity index (χ1n) is 7.27. The Bertz CT molecular complexity index is 473. The fourth-order valence-electron chi connectivity index (χ4n) is 3.83. The molecule has 5 heteroatoms. The van der Waals surface area contributed by atoms with E-state index in [1.54, 1.807) is 0 Å². The van der Waals surface area contributed by atoms with E-state index in [2.05, 4.69) is 38.0 Å². The molecule has 0 saturated heterocycles. The van der Waals surface area contributed by atoms with Crippen LogP contribution < -0.4 is 5.32 Å². The summed E-state index contributed by atoms with van der Waals surface area (Å²) in [7, 11) is 0. The third-order valence-corrected chi connectivity index (χ3v) is 3.98. The summed E-state index contributed by atoms with van der Waals surface area (Å²) >= 11 is 0. The second-order valence-electron chi connectivity index (χ2n) is 7.68. The summed E-state index contributed by atoms with van der Waals surface area (Å²) in [5, 5.41) is 3.34. The van der Waals surface area contributed by atoms with Gasteiger partial charge in [-0.05, 0) is 42.2 Å². The maximum atomic E-state index is 12.5. The lowest BCUT2D eigenvalue weighted by atomic mass is 9.63. The first-order chi connectivity index (χ1) is 9.47. The van der Waals surface area contributed by atoms with E-state index < -0.39 is 11.9 Å². The number of halogens is 3. The molecule has 0 atom stereocenters. The van der Waals surface area contributed by atoms with Crippen LogP contribution in [0, 0.1) is 10.8 Å². The Morgan fingerprint density at radius 3 is 2.10 bits per heavy atom. The number of alkyl halides is 3. The zero-order valence-electron chi connectivity index (χ0n) is 13.0. The molecule has 1 N–H and O–H groups in total. The minimum absolute atomic E-state index is 0.235. The van der Waals surface area contributed by atoms with E-state index in [-0.39, 0.29) is 16.9 Å². The summed E-state index contributed by atoms with van der Waals surface area (Å²) in [6, 6.07) is 2.76. The predicted octanol–water partition coefficient (Wildman–Crippen LogP) is 5.12. The lowest BCUT2D eigenvalue weighted by molar-refractivity contribution is -0.141. The molecular weight excluding hydrogens is 277 g/mol. The van der Waals surface area contributed by atoms with E-state index in [1.807, 2.05) is 0 Å². The summed E-state index contributed by atoms with van der Waals surface area (Å²) in [6.07, 6.45) is 0.0725. The Kier molecular flexibility index (Phi) is 3.98. The fourth-order valence-corrected chi connectivity index (χ4v) is 3.83. The SMILES string of the molecule is CC1(C)CC(Nc2ccc(C(F)(F)F)nc2)CC(C)(C)C1. The average Bonchev–Trinajstić information content (AvgIpc) is 2.23. The molecule has 21 heavy (non-hydrogen) atoms. The predicted molar refractivity (Wildman–Crippen MR) is 78.1 cm³/mol. The van der Waals surface area contributed by atoms with Gasteiger partial charge in [0.15, 0.2) is 0 Å². The number of rotatable bonds is 2. The van der Waals surface area contributed by atoms with E-state index in [9.17, 15) is 13.2 Å². The highest BCUT2D eigenvalue weighted by Crippen LogP contribution is 2.46. The Balaban J connectivity index is 2.08. The monoisotopic (exact) mass is 300 g/mol. The van der Waals surface area contributed by atoms with Gasteiger partial charge in [-0.3, -0.25) is 0 Å². The largest absolute Gasteiger partial charge is 0.433 e. The van der Waals surface area contributed by atoms with Crippen LogP contribution in [0.25, 0.3) is 0 Å². The molecule has 0 spiro atoms. The third kappa shape index (κ3) is 4.35. The number of pyridine rings is 1. The number of nitrogens with zero attached hydrogens (tertiary/aromatic N) is 1. The van der Waals surface area contributed by atoms with Gasteiger partial charge in [-0.1, -0.05) is 27.7 Å². The summed E-state index contributed by atoms with van der Waals surface area (Å²) in [5.41, 5.74) is 0.274. The van der Waals surface area contributed by atoms with Crippen LogP contribution in [0.15, 0.2) is 18.3 Å². The minimum Gasteiger partial charge on any atom is -0.381 e. The van der Waals surface area contributed by atoms with Gasteiger partial charge in [-0.2, -0.15) is 13.2 Å². The zero-order chi connectivity index (χ0) is 15.9. The van der Waals surface area contributed by atoms with Crippen LogP contribution in [0.5, 0.6) is 0 Å². The van der Waals surface area contributed by atoms with E-state index >= 15 is 0 Å². The van der Waals surface area contributed by atoms with Crippen molar-refractivity contribution >= 4 is 5.69 Å². The van der Waals surface area contributed by atoms with Gasteiger partial charge in [-0.25, -0.2) is 4.98 Å². The van der Waals surface area contributed by atoms with Gasteiger partial charge in [0.1, 0.15) is 5.69 Å². The first-order valence-corrected chi connectivity index (χ1v) is 7.27. The molecule has 1 fully saturated rings. The Hall–Kier alpha value is -1.26. The molecule has 1 saturated carbocycles. The zero-order valence-corrected chi connectivity index (χ0v) is 13.0. The van der Waals surface area contributed by atoms with Crippen molar-refractivity contribution in [1.29, 1.82) is 0 Å². The first kappa shape index (κ1) is 16.1. The molecule has 1 aliphatic carbocycles. The van der Waals surface area contributed by atoms with Crippen LogP contribution >= 0.6 is 0 Å². The number of hydrogen-bond acceptors (Lipinski definition) is 2. The van der Waals surface area contributed by atoms with E-state index in [1.165, 1.54) is 12.3 Å². The molecule has 2 rings (SSSR count). The normalized spacial score (nSPS) is 22.0. The Morgan fingerprint density at radius 1 is 1.10 bits per heavy atom. The second-order valence-corrected chi connectivity index (χ2v) is 7.68. The van der Waals surface area contributed by atoms with Crippen LogP contribution in [-0.4, -0.2) is 11.0 Å². The van der Waals surface area contributed by atoms with Crippen molar-refractivity contribution in [2.45, 2.75) is 59.2 Å². The molecule has 1 aromatic rings. The third-order valence-electron chi connectivity index (χ3n) is 3.98. The maximum absolute atomic E-state index is 12.5. The van der Waals surface area contributed by atoms with Crippen LogP contribution in [0.2, 0.25) is 0 Å². The molecule has 1 heterocycles.